The van der Waals surface area contributed by atoms with E-state index in [-0.39, 0.29) is 9.90 Å². The van der Waals surface area contributed by atoms with Gasteiger partial charge in [0, 0.05) is 30.8 Å². The molecular weight excluding hydrogens is 356 g/mol. The number of benzene rings is 1. The number of nitrogens with zero attached hydrogens (tertiary/aromatic N) is 2. The van der Waals surface area contributed by atoms with Crippen LogP contribution < -0.4 is 4.90 Å². The van der Waals surface area contributed by atoms with E-state index in [2.05, 4.69) is 0 Å². The van der Waals surface area contributed by atoms with Crippen LogP contribution in [0.4, 0.5) is 10.7 Å². The molecule has 0 aliphatic carbocycles. The van der Waals surface area contributed by atoms with Gasteiger partial charge >= 0.3 is 5.69 Å². The molecule has 23 heavy (non-hydrogen) atoms. The van der Waals surface area contributed by atoms with Crippen molar-refractivity contribution in [2.24, 2.45) is 0 Å². The second kappa shape index (κ2) is 6.90. The van der Waals surface area contributed by atoms with Crippen LogP contribution in [0.1, 0.15) is 5.56 Å². The van der Waals surface area contributed by atoms with Crippen molar-refractivity contribution in [1.82, 2.24) is 0 Å². The number of rotatable bonds is 6. The zero-order valence-corrected chi connectivity index (χ0v) is 15.3. The number of anilines is 1. The molecule has 0 N–H and O–H groups in total. The normalized spacial score (nSPS) is 11.4. The van der Waals surface area contributed by atoms with Gasteiger partial charge in [0.1, 0.15) is 4.21 Å². The van der Waals surface area contributed by atoms with Crippen molar-refractivity contribution in [2.75, 3.05) is 24.5 Å². The van der Waals surface area contributed by atoms with Crippen LogP contribution in [0.3, 0.4) is 0 Å². The molecule has 0 radical (unpaired) electrons. The highest BCUT2D eigenvalue weighted by Gasteiger charge is 2.26. The predicted octanol–water partition coefficient (Wildman–Crippen LogP) is 3.42. The molecule has 2 rings (SSSR count). The molecule has 0 aliphatic rings. The van der Waals surface area contributed by atoms with Crippen LogP contribution in [-0.2, 0) is 16.4 Å². The number of thioether (sulfide) groups is 1. The lowest BCUT2D eigenvalue weighted by Gasteiger charge is -2.16. The lowest BCUT2D eigenvalue weighted by atomic mass is 10.2. The average Bonchev–Trinajstić information content (AvgIpc) is 2.93. The van der Waals surface area contributed by atoms with Crippen molar-refractivity contribution in [2.45, 2.75) is 15.6 Å². The Labute approximate surface area is 143 Å². The first-order valence-corrected chi connectivity index (χ1v) is 10.5. The van der Waals surface area contributed by atoms with E-state index in [0.29, 0.717) is 11.5 Å². The maximum absolute atomic E-state index is 11.6. The van der Waals surface area contributed by atoms with E-state index in [1.165, 1.54) is 0 Å². The third-order valence-electron chi connectivity index (χ3n) is 3.16. The minimum atomic E-state index is -3.47. The fraction of sp³-hybridized carbons (Fsp3) is 0.286. The Bertz CT molecular complexity index is 813. The zero-order valence-electron chi connectivity index (χ0n) is 12.8. The highest BCUT2D eigenvalue weighted by molar-refractivity contribution is 7.98. The molecule has 9 heteroatoms. The summed E-state index contributed by atoms with van der Waals surface area (Å²) in [5.74, 6) is 0. The molecule has 0 amide bonds. The standard InChI is InChI=1S/C14H16N2O4S3/c1-15(9-10-4-6-11(21-2)7-5-10)14-12(16(17)18)8-13(22-14)23(3,19)20/h4-8H,9H2,1-3H3. The molecule has 1 aromatic carbocycles. The molecule has 1 aromatic heterocycles. The second-order valence-electron chi connectivity index (χ2n) is 4.99. The molecule has 0 saturated carbocycles. The quantitative estimate of drug-likeness (QED) is 0.439. The highest BCUT2D eigenvalue weighted by atomic mass is 32.2. The first kappa shape index (κ1) is 17.8. The fourth-order valence-electron chi connectivity index (χ4n) is 2.01. The van der Waals surface area contributed by atoms with E-state index < -0.39 is 14.8 Å². The Kier molecular flexibility index (Phi) is 5.33. The van der Waals surface area contributed by atoms with Crippen LogP contribution in [0.15, 0.2) is 39.4 Å². The lowest BCUT2D eigenvalue weighted by Crippen LogP contribution is -2.16. The van der Waals surface area contributed by atoms with Crippen molar-refractivity contribution in [3.8, 4) is 0 Å². The summed E-state index contributed by atoms with van der Waals surface area (Å²) in [7, 11) is -1.75. The number of hydrogen-bond acceptors (Lipinski definition) is 7. The van der Waals surface area contributed by atoms with Crippen molar-refractivity contribution in [1.29, 1.82) is 0 Å². The number of sulfone groups is 1. The van der Waals surface area contributed by atoms with Crippen molar-refractivity contribution < 1.29 is 13.3 Å². The van der Waals surface area contributed by atoms with Gasteiger partial charge in [0.2, 0.25) is 0 Å². The van der Waals surface area contributed by atoms with E-state index >= 15 is 0 Å². The Balaban J connectivity index is 2.32. The largest absolute Gasteiger partial charge is 0.357 e. The third-order valence-corrected chi connectivity index (χ3v) is 6.94. The third kappa shape index (κ3) is 4.24. The summed E-state index contributed by atoms with van der Waals surface area (Å²) in [5.41, 5.74) is 0.813. The smallest absolute Gasteiger partial charge is 0.305 e. The lowest BCUT2D eigenvalue weighted by molar-refractivity contribution is -0.383. The van der Waals surface area contributed by atoms with Crippen molar-refractivity contribution in [3.05, 3.63) is 46.0 Å². The summed E-state index contributed by atoms with van der Waals surface area (Å²) in [6.07, 6.45) is 3.04. The summed E-state index contributed by atoms with van der Waals surface area (Å²) in [6, 6.07) is 9.01. The summed E-state index contributed by atoms with van der Waals surface area (Å²) in [6.45, 7) is 0.458. The van der Waals surface area contributed by atoms with Gasteiger partial charge in [0.15, 0.2) is 14.8 Å². The Morgan fingerprint density at radius 3 is 2.39 bits per heavy atom. The van der Waals surface area contributed by atoms with E-state index in [0.717, 1.165) is 34.1 Å². The molecule has 0 fully saturated rings. The van der Waals surface area contributed by atoms with E-state index in [1.54, 1.807) is 23.7 Å². The molecule has 2 aromatic rings. The monoisotopic (exact) mass is 372 g/mol. The molecule has 0 atom stereocenters. The summed E-state index contributed by atoms with van der Waals surface area (Å²) >= 11 is 2.56. The van der Waals surface area contributed by atoms with E-state index in [4.69, 9.17) is 0 Å². The Morgan fingerprint density at radius 2 is 1.91 bits per heavy atom. The number of hydrogen-bond donors (Lipinski definition) is 0. The Morgan fingerprint density at radius 1 is 1.30 bits per heavy atom. The highest BCUT2D eigenvalue weighted by Crippen LogP contribution is 2.39. The topological polar surface area (TPSA) is 80.5 Å². The molecule has 0 unspecified atom stereocenters. The van der Waals surface area contributed by atoms with Crippen LogP contribution in [0.2, 0.25) is 0 Å². The van der Waals surface area contributed by atoms with Crippen molar-refractivity contribution in [3.63, 3.8) is 0 Å². The van der Waals surface area contributed by atoms with Crippen LogP contribution in [0, 0.1) is 10.1 Å². The Hall–Kier alpha value is -1.58. The summed E-state index contributed by atoms with van der Waals surface area (Å²) < 4.78 is 23.3. The first-order chi connectivity index (χ1) is 10.7. The van der Waals surface area contributed by atoms with E-state index in [9.17, 15) is 18.5 Å². The van der Waals surface area contributed by atoms with Crippen LogP contribution in [0.25, 0.3) is 0 Å². The van der Waals surface area contributed by atoms with Gasteiger partial charge in [0.25, 0.3) is 0 Å². The maximum atomic E-state index is 11.6. The minimum absolute atomic E-state index is 0.00350. The molecule has 0 aliphatic heterocycles. The van der Waals surface area contributed by atoms with Crippen molar-refractivity contribution >= 4 is 43.6 Å². The van der Waals surface area contributed by atoms with Gasteiger partial charge < -0.3 is 4.90 Å². The molecule has 0 saturated heterocycles. The van der Waals surface area contributed by atoms with E-state index in [1.807, 2.05) is 30.5 Å². The maximum Gasteiger partial charge on any atom is 0.305 e. The molecule has 0 spiro atoms. The molecule has 0 bridgehead atoms. The average molecular weight is 372 g/mol. The molecule has 6 nitrogen and oxygen atoms in total. The minimum Gasteiger partial charge on any atom is -0.357 e. The second-order valence-corrected chi connectivity index (χ2v) is 9.14. The molecule has 1 heterocycles. The zero-order chi connectivity index (χ0) is 17.2. The molecule has 124 valence electrons. The number of nitro groups is 1. The summed E-state index contributed by atoms with van der Waals surface area (Å²) in [4.78, 5) is 13.5. The van der Waals surface area contributed by atoms with Gasteiger partial charge in [-0.1, -0.05) is 23.5 Å². The van der Waals surface area contributed by atoms with Crippen LogP contribution >= 0.6 is 23.1 Å². The van der Waals surface area contributed by atoms with Crippen LogP contribution in [0.5, 0.6) is 0 Å². The van der Waals surface area contributed by atoms with Gasteiger partial charge in [-0.25, -0.2) is 8.42 Å². The van der Waals surface area contributed by atoms with Gasteiger partial charge in [0.05, 0.1) is 4.92 Å². The van der Waals surface area contributed by atoms with Gasteiger partial charge in [-0.05, 0) is 24.0 Å². The first-order valence-electron chi connectivity index (χ1n) is 6.54. The van der Waals surface area contributed by atoms with Gasteiger partial charge in [-0.2, -0.15) is 0 Å². The molecular formula is C14H16N2O4S3. The van der Waals surface area contributed by atoms with Gasteiger partial charge in [-0.15, -0.1) is 11.8 Å². The van der Waals surface area contributed by atoms with Gasteiger partial charge in [-0.3, -0.25) is 10.1 Å². The predicted molar refractivity (Wildman–Crippen MR) is 94.4 cm³/mol. The summed E-state index contributed by atoms with van der Waals surface area (Å²) in [5, 5.41) is 11.5. The number of thiophene rings is 1. The fourth-order valence-corrected chi connectivity index (χ4v) is 4.41. The SMILES string of the molecule is CSc1ccc(CN(C)c2sc(S(C)(=O)=O)cc2[N+](=O)[O-])cc1. The van der Waals surface area contributed by atoms with Crippen LogP contribution in [-0.4, -0.2) is 32.9 Å².